The number of benzene rings is 2. The molecule has 0 radical (unpaired) electrons. The number of ether oxygens (including phenoxy) is 3. The summed E-state index contributed by atoms with van der Waals surface area (Å²) in [6.07, 6.45) is -6.32. The molecule has 1 aliphatic rings. The molecule has 1 fully saturated rings. The number of nitrogens with zero attached hydrogens (tertiary/aromatic N) is 3. The summed E-state index contributed by atoms with van der Waals surface area (Å²) in [5.41, 5.74) is -5.22. The fourth-order valence-electron chi connectivity index (χ4n) is 4.35. The summed E-state index contributed by atoms with van der Waals surface area (Å²) in [6, 6.07) is 5.81. The predicted octanol–water partition coefficient (Wildman–Crippen LogP) is 4.56. The van der Waals surface area contributed by atoms with Crippen LogP contribution in [0.25, 0.3) is 17.1 Å². The Morgan fingerprint density at radius 1 is 0.976 bits per heavy atom. The number of rotatable bonds is 7. The van der Waals surface area contributed by atoms with Gasteiger partial charge in [-0.05, 0) is 12.5 Å². The van der Waals surface area contributed by atoms with E-state index in [1.54, 1.807) is 7.11 Å². The normalized spacial score (nSPS) is 23.3. The van der Waals surface area contributed by atoms with Crippen molar-refractivity contribution in [1.29, 1.82) is 0 Å². The van der Waals surface area contributed by atoms with E-state index in [1.165, 1.54) is 37.6 Å². The summed E-state index contributed by atoms with van der Waals surface area (Å²) in [5.74, 6) is -10.6. The van der Waals surface area contributed by atoms with Crippen LogP contribution in [0.1, 0.15) is 25.0 Å². The lowest BCUT2D eigenvalue weighted by Crippen LogP contribution is -2.54. The highest BCUT2D eigenvalue weighted by atomic mass is 19.4. The summed E-state index contributed by atoms with van der Waals surface area (Å²) in [4.78, 5) is 19.9. The topological polar surface area (TPSA) is 100.0 Å². The molecule has 0 amide bonds. The Bertz CT molecular complexity index is 1460. The average Bonchev–Trinajstić information content (AvgIpc) is 3.30. The monoisotopic (exact) mass is 592 g/mol. The summed E-state index contributed by atoms with van der Waals surface area (Å²) in [7, 11) is 3.04. The van der Waals surface area contributed by atoms with Crippen molar-refractivity contribution >= 4 is 6.21 Å². The molecule has 0 bridgehead atoms. The average molecular weight is 592 g/mol. The minimum Gasteiger partial charge on any atom is -0.378 e. The van der Waals surface area contributed by atoms with Crippen molar-refractivity contribution in [2.45, 2.75) is 44.6 Å². The zero-order chi connectivity index (χ0) is 30.2. The summed E-state index contributed by atoms with van der Waals surface area (Å²) >= 11 is 0. The van der Waals surface area contributed by atoms with Gasteiger partial charge in [-0.3, -0.25) is 4.98 Å². The third-order valence-corrected chi connectivity index (χ3v) is 6.65. The van der Waals surface area contributed by atoms with Crippen LogP contribution in [-0.4, -0.2) is 59.8 Å². The Morgan fingerprint density at radius 3 is 2.10 bits per heavy atom. The van der Waals surface area contributed by atoms with Crippen molar-refractivity contribution in [1.82, 2.24) is 14.8 Å². The number of aromatic amines is 1. The summed E-state index contributed by atoms with van der Waals surface area (Å²) in [6.45, 7) is 3.82. The third-order valence-electron chi connectivity index (χ3n) is 6.65. The van der Waals surface area contributed by atoms with Crippen LogP contribution in [0.4, 0.5) is 30.7 Å². The Balaban J connectivity index is 1.55. The van der Waals surface area contributed by atoms with E-state index in [4.69, 9.17) is 19.0 Å². The molecule has 1 N–H and O–H groups in total. The quantitative estimate of drug-likeness (QED) is 0.187. The molecule has 2 heterocycles. The molecule has 1 aliphatic heterocycles. The number of hydrogen-bond donors (Lipinski definition) is 1. The maximum absolute atomic E-state index is 14.4. The summed E-state index contributed by atoms with van der Waals surface area (Å²) in [5, 5.41) is 7.51. The van der Waals surface area contributed by atoms with Gasteiger partial charge in [-0.25, -0.2) is 22.4 Å². The zero-order valence-corrected chi connectivity index (χ0v) is 21.8. The maximum atomic E-state index is 14.4. The SMILES string of the molecule is CO[C@@H]1[C@@H](C)[C@H](C)OC(O/N=C/c2ccc(-c3nn(-c4c(F)c(F)c(C(F)(F)F)c(F)c4F)c(=O)[nH]3)cc2)[C@@H]1OC. The van der Waals surface area contributed by atoms with E-state index in [-0.39, 0.29) is 34.2 Å². The Hall–Kier alpha value is -3.76. The standard InChI is InChI=1S/C25H23F7N4O5/c1-10-11(2)40-23(21(39-4)20(10)38-3)41-33-9-12-5-7-13(8-6-12)22-34-24(37)36(35-22)19-17(28)15(26)14(25(30,31)32)16(27)18(19)29/h5-11,20-21,23H,1-4H3,(H,34,35,37)/b33-9+/t10-,11-,20+,21+,23?/m0/s1. The van der Waals surface area contributed by atoms with Crippen molar-refractivity contribution < 1.29 is 49.8 Å². The number of oxime groups is 1. The molecule has 0 aliphatic carbocycles. The molecule has 9 nitrogen and oxygen atoms in total. The lowest BCUT2D eigenvalue weighted by atomic mass is 9.91. The van der Waals surface area contributed by atoms with E-state index in [2.05, 4.69) is 15.2 Å². The largest absolute Gasteiger partial charge is 0.422 e. The number of alkyl halides is 3. The molecule has 2 aromatic carbocycles. The third kappa shape index (κ3) is 5.71. The fourth-order valence-corrected chi connectivity index (χ4v) is 4.35. The number of H-pyrrole nitrogens is 1. The van der Waals surface area contributed by atoms with Gasteiger partial charge in [-0.2, -0.15) is 17.9 Å². The lowest BCUT2D eigenvalue weighted by Gasteiger charge is -2.41. The molecule has 4 rings (SSSR count). The minimum atomic E-state index is -5.73. The van der Waals surface area contributed by atoms with Gasteiger partial charge in [-0.15, -0.1) is 5.10 Å². The smallest absolute Gasteiger partial charge is 0.378 e. The number of methoxy groups -OCH3 is 2. The van der Waals surface area contributed by atoms with E-state index >= 15 is 0 Å². The molecule has 1 saturated heterocycles. The van der Waals surface area contributed by atoms with E-state index in [9.17, 15) is 35.5 Å². The van der Waals surface area contributed by atoms with E-state index in [0.29, 0.717) is 5.56 Å². The van der Waals surface area contributed by atoms with Crippen LogP contribution in [0.3, 0.4) is 0 Å². The molecule has 5 atom stereocenters. The van der Waals surface area contributed by atoms with Gasteiger partial charge < -0.3 is 19.0 Å². The molecule has 0 saturated carbocycles. The van der Waals surface area contributed by atoms with Crippen LogP contribution in [0.5, 0.6) is 0 Å². The molecule has 3 aromatic rings. The van der Waals surface area contributed by atoms with E-state index in [1.807, 2.05) is 13.8 Å². The molecular weight excluding hydrogens is 569 g/mol. The van der Waals surface area contributed by atoms with Crippen LogP contribution in [-0.2, 0) is 25.2 Å². The second-order valence-corrected chi connectivity index (χ2v) is 9.10. The van der Waals surface area contributed by atoms with Gasteiger partial charge in [0.15, 0.2) is 29.1 Å². The minimum absolute atomic E-state index is 0.0292. The van der Waals surface area contributed by atoms with E-state index in [0.717, 1.165) is 0 Å². The van der Waals surface area contributed by atoms with Crippen LogP contribution < -0.4 is 5.69 Å². The van der Waals surface area contributed by atoms with Gasteiger partial charge in [0.2, 0.25) is 0 Å². The first kappa shape index (κ1) is 30.2. The van der Waals surface area contributed by atoms with Crippen molar-refractivity contribution in [3.8, 4) is 17.1 Å². The van der Waals surface area contributed by atoms with Gasteiger partial charge in [0.25, 0.3) is 6.29 Å². The number of aromatic nitrogens is 3. The molecule has 0 spiro atoms. The van der Waals surface area contributed by atoms with Crippen LogP contribution in [0.15, 0.2) is 34.2 Å². The van der Waals surface area contributed by atoms with Gasteiger partial charge in [0.1, 0.15) is 17.4 Å². The van der Waals surface area contributed by atoms with Crippen molar-refractivity contribution in [3.63, 3.8) is 0 Å². The Kier molecular flexibility index (Phi) is 8.56. The van der Waals surface area contributed by atoms with Crippen molar-refractivity contribution in [2.75, 3.05) is 14.2 Å². The van der Waals surface area contributed by atoms with Gasteiger partial charge in [0.05, 0.1) is 18.4 Å². The first-order valence-corrected chi connectivity index (χ1v) is 11.9. The Morgan fingerprint density at radius 2 is 1.56 bits per heavy atom. The fraction of sp³-hybridized carbons (Fsp3) is 0.400. The predicted molar refractivity (Wildman–Crippen MR) is 128 cm³/mol. The van der Waals surface area contributed by atoms with Gasteiger partial charge >= 0.3 is 11.9 Å². The number of halogens is 7. The highest BCUT2D eigenvalue weighted by molar-refractivity contribution is 5.80. The number of nitrogens with one attached hydrogen (secondary N) is 1. The maximum Gasteiger partial charge on any atom is 0.422 e. The zero-order valence-electron chi connectivity index (χ0n) is 21.8. The van der Waals surface area contributed by atoms with E-state index < -0.39 is 58.8 Å². The van der Waals surface area contributed by atoms with Gasteiger partial charge in [-0.1, -0.05) is 36.3 Å². The van der Waals surface area contributed by atoms with Crippen molar-refractivity contribution in [2.24, 2.45) is 11.1 Å². The van der Waals surface area contributed by atoms with Gasteiger partial charge in [0, 0.05) is 25.7 Å². The molecule has 1 unspecified atom stereocenters. The Labute approximate surface area is 227 Å². The second kappa shape index (κ2) is 11.6. The molecule has 222 valence electrons. The first-order chi connectivity index (χ1) is 19.3. The van der Waals surface area contributed by atoms with Crippen LogP contribution in [0, 0.1) is 29.2 Å². The lowest BCUT2D eigenvalue weighted by molar-refractivity contribution is -0.289. The highest BCUT2D eigenvalue weighted by Crippen LogP contribution is 2.37. The van der Waals surface area contributed by atoms with Crippen LogP contribution >= 0.6 is 0 Å². The van der Waals surface area contributed by atoms with Crippen LogP contribution in [0.2, 0.25) is 0 Å². The number of hydrogen-bond acceptors (Lipinski definition) is 7. The molecular formula is C25H23F7N4O5. The highest BCUT2D eigenvalue weighted by Gasteiger charge is 2.45. The molecule has 16 heteroatoms. The van der Waals surface area contributed by atoms with Crippen molar-refractivity contribution in [3.05, 3.63) is 69.1 Å². The second-order valence-electron chi connectivity index (χ2n) is 9.10. The first-order valence-electron chi connectivity index (χ1n) is 11.9. The summed E-state index contributed by atoms with van der Waals surface area (Å²) < 4.78 is 112. The molecule has 1 aromatic heterocycles. The molecule has 41 heavy (non-hydrogen) atoms.